The van der Waals surface area contributed by atoms with Gasteiger partial charge in [-0.05, 0) is 45.0 Å². The van der Waals surface area contributed by atoms with Crippen molar-refractivity contribution in [2.24, 2.45) is 7.05 Å². The molecule has 1 atom stereocenters. The van der Waals surface area contributed by atoms with E-state index in [1.54, 1.807) is 7.05 Å². The van der Waals surface area contributed by atoms with Gasteiger partial charge in [-0.1, -0.05) is 0 Å². The molecule has 0 spiro atoms. The minimum Gasteiger partial charge on any atom is -0.378 e. The van der Waals surface area contributed by atoms with Crippen LogP contribution in [-0.4, -0.2) is 22.7 Å². The Balaban J connectivity index is 2.16. The summed E-state index contributed by atoms with van der Waals surface area (Å²) in [4.78, 5) is 11.5. The maximum absolute atomic E-state index is 11.5. The van der Waals surface area contributed by atoms with Crippen molar-refractivity contribution in [1.82, 2.24) is 15.1 Å². The Morgan fingerprint density at radius 1 is 1.24 bits per heavy atom. The van der Waals surface area contributed by atoms with Crippen LogP contribution in [-0.2, 0) is 7.05 Å². The SMILES string of the molecule is CNC(=O)c1ccc(NC(C)c2c(C)nn(C)c2C)cc1. The van der Waals surface area contributed by atoms with Crippen LogP contribution in [0.25, 0.3) is 0 Å². The number of nitrogens with zero attached hydrogens (tertiary/aromatic N) is 2. The molecule has 0 saturated carbocycles. The van der Waals surface area contributed by atoms with E-state index in [4.69, 9.17) is 0 Å². The summed E-state index contributed by atoms with van der Waals surface area (Å²) < 4.78 is 1.90. The van der Waals surface area contributed by atoms with Gasteiger partial charge in [-0.3, -0.25) is 9.48 Å². The fourth-order valence-corrected chi connectivity index (χ4v) is 2.60. The molecule has 2 rings (SSSR count). The molecule has 2 aromatic rings. The van der Waals surface area contributed by atoms with Crippen LogP contribution in [0.15, 0.2) is 24.3 Å². The third kappa shape index (κ3) is 3.07. The van der Waals surface area contributed by atoms with E-state index in [-0.39, 0.29) is 11.9 Å². The molecule has 1 heterocycles. The number of aromatic nitrogens is 2. The molecule has 1 aromatic heterocycles. The molecule has 5 nitrogen and oxygen atoms in total. The van der Waals surface area contributed by atoms with Gasteiger partial charge < -0.3 is 10.6 Å². The largest absolute Gasteiger partial charge is 0.378 e. The molecule has 0 radical (unpaired) electrons. The average molecular weight is 286 g/mol. The van der Waals surface area contributed by atoms with Crippen molar-refractivity contribution in [3.8, 4) is 0 Å². The molecule has 5 heteroatoms. The van der Waals surface area contributed by atoms with E-state index < -0.39 is 0 Å². The van der Waals surface area contributed by atoms with Crippen LogP contribution in [0.1, 0.15) is 40.3 Å². The Kier molecular flexibility index (Phi) is 4.31. The summed E-state index contributed by atoms with van der Waals surface area (Å²) in [6, 6.07) is 7.63. The van der Waals surface area contributed by atoms with Crippen LogP contribution in [0.4, 0.5) is 5.69 Å². The quantitative estimate of drug-likeness (QED) is 0.908. The molecule has 0 aliphatic rings. The molecule has 0 saturated heterocycles. The molecule has 112 valence electrons. The lowest BCUT2D eigenvalue weighted by Gasteiger charge is -2.16. The van der Waals surface area contributed by atoms with Gasteiger partial charge >= 0.3 is 0 Å². The molecular formula is C16H22N4O. The summed E-state index contributed by atoms with van der Waals surface area (Å²) in [6.07, 6.45) is 0. The Morgan fingerprint density at radius 3 is 2.33 bits per heavy atom. The smallest absolute Gasteiger partial charge is 0.251 e. The lowest BCUT2D eigenvalue weighted by atomic mass is 10.1. The molecule has 0 fully saturated rings. The summed E-state index contributed by atoms with van der Waals surface area (Å²) in [6.45, 7) is 6.21. The summed E-state index contributed by atoms with van der Waals surface area (Å²) in [5, 5.41) is 10.5. The third-order valence-electron chi connectivity index (χ3n) is 3.76. The van der Waals surface area contributed by atoms with Gasteiger partial charge in [0.2, 0.25) is 0 Å². The number of amides is 1. The molecule has 0 aliphatic heterocycles. The van der Waals surface area contributed by atoms with Gasteiger partial charge in [-0.25, -0.2) is 0 Å². The number of hydrogen-bond donors (Lipinski definition) is 2. The van der Waals surface area contributed by atoms with Gasteiger partial charge in [-0.15, -0.1) is 0 Å². The van der Waals surface area contributed by atoms with Crippen molar-refractivity contribution in [2.75, 3.05) is 12.4 Å². The predicted octanol–water partition coefficient (Wildman–Crippen LogP) is 2.57. The van der Waals surface area contributed by atoms with Crippen LogP contribution in [0.2, 0.25) is 0 Å². The predicted molar refractivity (Wildman–Crippen MR) is 84.6 cm³/mol. The lowest BCUT2D eigenvalue weighted by Crippen LogP contribution is -2.17. The molecule has 1 amide bonds. The van der Waals surface area contributed by atoms with E-state index >= 15 is 0 Å². The molecule has 1 unspecified atom stereocenters. The monoisotopic (exact) mass is 286 g/mol. The van der Waals surface area contributed by atoms with E-state index in [1.165, 1.54) is 5.56 Å². The maximum atomic E-state index is 11.5. The summed E-state index contributed by atoms with van der Waals surface area (Å²) in [5.74, 6) is -0.0754. The van der Waals surface area contributed by atoms with Crippen LogP contribution < -0.4 is 10.6 Å². The van der Waals surface area contributed by atoms with E-state index in [0.29, 0.717) is 5.56 Å². The normalized spacial score (nSPS) is 12.0. The number of rotatable bonds is 4. The fourth-order valence-electron chi connectivity index (χ4n) is 2.60. The molecule has 21 heavy (non-hydrogen) atoms. The highest BCUT2D eigenvalue weighted by Crippen LogP contribution is 2.24. The lowest BCUT2D eigenvalue weighted by molar-refractivity contribution is 0.0963. The second-order valence-electron chi connectivity index (χ2n) is 5.23. The highest BCUT2D eigenvalue weighted by Gasteiger charge is 2.16. The minimum absolute atomic E-state index is 0.0754. The zero-order valence-corrected chi connectivity index (χ0v) is 13.2. The number of nitrogens with one attached hydrogen (secondary N) is 2. The highest BCUT2D eigenvalue weighted by atomic mass is 16.1. The van der Waals surface area contributed by atoms with Crippen molar-refractivity contribution < 1.29 is 4.79 Å². The number of carbonyl (C=O) groups is 1. The van der Waals surface area contributed by atoms with Gasteiger partial charge in [0, 0.05) is 36.6 Å². The summed E-state index contributed by atoms with van der Waals surface area (Å²) in [5.41, 5.74) is 5.06. The van der Waals surface area contributed by atoms with Crippen molar-refractivity contribution >= 4 is 11.6 Å². The second-order valence-corrected chi connectivity index (χ2v) is 5.23. The first-order valence-electron chi connectivity index (χ1n) is 7.02. The second kappa shape index (κ2) is 5.99. The van der Waals surface area contributed by atoms with E-state index in [2.05, 4.69) is 29.6 Å². The zero-order valence-electron chi connectivity index (χ0n) is 13.2. The molecule has 0 bridgehead atoms. The fraction of sp³-hybridized carbons (Fsp3) is 0.375. The molecule has 1 aromatic carbocycles. The summed E-state index contributed by atoms with van der Waals surface area (Å²) >= 11 is 0. The number of anilines is 1. The Morgan fingerprint density at radius 2 is 1.86 bits per heavy atom. The number of carbonyl (C=O) groups excluding carboxylic acids is 1. The Hall–Kier alpha value is -2.30. The molecule has 0 aliphatic carbocycles. The first-order chi connectivity index (χ1) is 9.93. The topological polar surface area (TPSA) is 59.0 Å². The number of benzene rings is 1. The van der Waals surface area contributed by atoms with Crippen molar-refractivity contribution in [3.05, 3.63) is 46.8 Å². The summed E-state index contributed by atoms with van der Waals surface area (Å²) in [7, 11) is 3.58. The first-order valence-corrected chi connectivity index (χ1v) is 7.02. The van der Waals surface area contributed by atoms with E-state index in [0.717, 1.165) is 17.1 Å². The minimum atomic E-state index is -0.0754. The average Bonchev–Trinajstić information content (AvgIpc) is 2.72. The van der Waals surface area contributed by atoms with Crippen LogP contribution in [0.3, 0.4) is 0 Å². The van der Waals surface area contributed by atoms with Gasteiger partial charge in [0.05, 0.1) is 11.7 Å². The van der Waals surface area contributed by atoms with Gasteiger partial charge in [0.25, 0.3) is 5.91 Å². The maximum Gasteiger partial charge on any atom is 0.251 e. The Bertz CT molecular complexity index is 643. The number of hydrogen-bond acceptors (Lipinski definition) is 3. The van der Waals surface area contributed by atoms with E-state index in [1.807, 2.05) is 42.9 Å². The van der Waals surface area contributed by atoms with E-state index in [9.17, 15) is 4.79 Å². The van der Waals surface area contributed by atoms with Gasteiger partial charge in [0.15, 0.2) is 0 Å². The highest BCUT2D eigenvalue weighted by molar-refractivity contribution is 5.94. The molecule has 2 N–H and O–H groups in total. The van der Waals surface area contributed by atoms with Crippen molar-refractivity contribution in [1.29, 1.82) is 0 Å². The number of aryl methyl sites for hydroxylation is 2. The standard InChI is InChI=1S/C16H22N4O/c1-10(15-11(2)19-20(5)12(15)3)18-14-8-6-13(7-9-14)16(21)17-4/h6-10,18H,1-5H3,(H,17,21). The third-order valence-corrected chi connectivity index (χ3v) is 3.76. The Labute approximate surface area is 125 Å². The van der Waals surface area contributed by atoms with Crippen LogP contribution in [0.5, 0.6) is 0 Å². The van der Waals surface area contributed by atoms with Crippen LogP contribution >= 0.6 is 0 Å². The van der Waals surface area contributed by atoms with Gasteiger partial charge in [-0.2, -0.15) is 5.10 Å². The van der Waals surface area contributed by atoms with Crippen LogP contribution in [0, 0.1) is 13.8 Å². The van der Waals surface area contributed by atoms with Crippen molar-refractivity contribution in [3.63, 3.8) is 0 Å². The van der Waals surface area contributed by atoms with Crippen molar-refractivity contribution in [2.45, 2.75) is 26.8 Å². The molecular weight excluding hydrogens is 264 g/mol. The zero-order chi connectivity index (χ0) is 15.6. The first kappa shape index (κ1) is 15.1. The van der Waals surface area contributed by atoms with Gasteiger partial charge in [0.1, 0.15) is 0 Å².